The van der Waals surface area contributed by atoms with Gasteiger partial charge in [-0.05, 0) is 26.8 Å². The first kappa shape index (κ1) is 11.8. The molecule has 0 unspecified atom stereocenters. The van der Waals surface area contributed by atoms with Crippen LogP contribution in [-0.4, -0.2) is 35.1 Å². The van der Waals surface area contributed by atoms with Crippen molar-refractivity contribution in [2.45, 2.75) is 26.8 Å². The summed E-state index contributed by atoms with van der Waals surface area (Å²) < 4.78 is 5.13. The number of hydrogen-bond acceptors (Lipinski definition) is 3. The molecule has 4 nitrogen and oxygen atoms in total. The van der Waals surface area contributed by atoms with E-state index < -0.39 is 0 Å². The molecule has 0 fully saturated rings. The van der Waals surface area contributed by atoms with E-state index in [-0.39, 0.29) is 18.6 Å². The van der Waals surface area contributed by atoms with Gasteiger partial charge in [-0.15, -0.1) is 0 Å². The van der Waals surface area contributed by atoms with E-state index >= 15 is 0 Å². The predicted molar refractivity (Wildman–Crippen MR) is 56.7 cm³/mol. The average Bonchev–Trinajstić information content (AvgIpc) is 2.59. The normalized spacial score (nSPS) is 10.7. The van der Waals surface area contributed by atoms with Gasteiger partial charge in [-0.1, -0.05) is 0 Å². The Hall–Kier alpha value is -1.29. The number of rotatable bonds is 4. The minimum atomic E-state index is -0.165. The highest BCUT2D eigenvalue weighted by atomic mass is 16.3. The molecule has 0 saturated carbocycles. The summed E-state index contributed by atoms with van der Waals surface area (Å²) in [6, 6.07) is 1.80. The van der Waals surface area contributed by atoms with Crippen molar-refractivity contribution in [3.63, 3.8) is 0 Å². The van der Waals surface area contributed by atoms with Gasteiger partial charge < -0.3 is 14.4 Å². The van der Waals surface area contributed by atoms with Crippen LogP contribution in [0.2, 0.25) is 0 Å². The third-order valence-corrected chi connectivity index (χ3v) is 2.28. The highest BCUT2D eigenvalue weighted by molar-refractivity contribution is 5.93. The maximum Gasteiger partial charge on any atom is 0.290 e. The molecule has 15 heavy (non-hydrogen) atoms. The van der Waals surface area contributed by atoms with E-state index in [0.29, 0.717) is 12.3 Å². The maximum atomic E-state index is 12.0. The Morgan fingerprint density at radius 1 is 1.60 bits per heavy atom. The van der Waals surface area contributed by atoms with Gasteiger partial charge in [0.1, 0.15) is 0 Å². The summed E-state index contributed by atoms with van der Waals surface area (Å²) in [5.74, 6) is 0.193. The molecule has 1 heterocycles. The van der Waals surface area contributed by atoms with Gasteiger partial charge in [-0.3, -0.25) is 4.79 Å². The number of carbonyl (C=O) groups excluding carboxylic acids is 1. The summed E-state index contributed by atoms with van der Waals surface area (Å²) in [5.41, 5.74) is 0.823. The van der Waals surface area contributed by atoms with Gasteiger partial charge in [0, 0.05) is 18.2 Å². The molecular formula is C11H17NO3. The topological polar surface area (TPSA) is 53.7 Å². The first-order valence-corrected chi connectivity index (χ1v) is 5.03. The fourth-order valence-electron chi connectivity index (χ4n) is 1.42. The number of aliphatic hydroxyl groups is 1. The number of carbonyl (C=O) groups is 1. The van der Waals surface area contributed by atoms with Crippen LogP contribution < -0.4 is 0 Å². The second-order valence-corrected chi connectivity index (χ2v) is 3.75. The summed E-state index contributed by atoms with van der Waals surface area (Å²) >= 11 is 0. The van der Waals surface area contributed by atoms with Crippen molar-refractivity contribution in [3.8, 4) is 0 Å². The van der Waals surface area contributed by atoms with Gasteiger partial charge in [0.05, 0.1) is 12.9 Å². The summed E-state index contributed by atoms with van der Waals surface area (Å²) in [6.45, 7) is 5.94. The Morgan fingerprint density at radius 2 is 2.27 bits per heavy atom. The van der Waals surface area contributed by atoms with Crippen LogP contribution in [0, 0.1) is 6.92 Å². The second-order valence-electron chi connectivity index (χ2n) is 3.75. The second kappa shape index (κ2) is 4.98. The number of furan rings is 1. The van der Waals surface area contributed by atoms with Crippen molar-refractivity contribution >= 4 is 5.91 Å². The number of hydrogen-bond donors (Lipinski definition) is 1. The predicted octanol–water partition coefficient (Wildman–Crippen LogP) is 1.43. The fraction of sp³-hybridized carbons (Fsp3) is 0.545. The summed E-state index contributed by atoms with van der Waals surface area (Å²) in [6.07, 6.45) is 1.50. The van der Waals surface area contributed by atoms with Gasteiger partial charge >= 0.3 is 0 Å². The van der Waals surface area contributed by atoms with E-state index in [4.69, 9.17) is 9.52 Å². The van der Waals surface area contributed by atoms with Gasteiger partial charge in [0.2, 0.25) is 0 Å². The van der Waals surface area contributed by atoms with E-state index in [9.17, 15) is 4.79 Å². The molecule has 0 aliphatic heterocycles. The fourth-order valence-corrected chi connectivity index (χ4v) is 1.42. The van der Waals surface area contributed by atoms with Gasteiger partial charge in [-0.2, -0.15) is 0 Å². The zero-order valence-corrected chi connectivity index (χ0v) is 9.36. The van der Waals surface area contributed by atoms with Crippen molar-refractivity contribution in [2.24, 2.45) is 0 Å². The Labute approximate surface area is 89.5 Å². The average molecular weight is 211 g/mol. The maximum absolute atomic E-state index is 12.0. The molecule has 4 heteroatoms. The Morgan fingerprint density at radius 3 is 2.67 bits per heavy atom. The minimum Gasteiger partial charge on any atom is -0.459 e. The molecule has 0 radical (unpaired) electrons. The summed E-state index contributed by atoms with van der Waals surface area (Å²) in [4.78, 5) is 13.6. The Balaban J connectivity index is 2.86. The molecule has 1 rings (SSSR count). The number of aliphatic hydroxyl groups excluding tert-OH is 1. The molecule has 1 N–H and O–H groups in total. The number of amides is 1. The molecule has 1 aromatic rings. The quantitative estimate of drug-likeness (QED) is 0.819. The molecule has 0 saturated heterocycles. The standard InChI is InChI=1S/C11H17NO3/c1-8(2)12(5-6-13)11(14)10-9(3)4-7-15-10/h4,7-8,13H,5-6H2,1-3H3. The van der Waals surface area contributed by atoms with Gasteiger partial charge in [0.15, 0.2) is 5.76 Å². The van der Waals surface area contributed by atoms with Crippen LogP contribution in [0.25, 0.3) is 0 Å². The minimum absolute atomic E-state index is 0.0380. The molecule has 1 aromatic heterocycles. The van der Waals surface area contributed by atoms with Crippen LogP contribution in [0.5, 0.6) is 0 Å². The van der Waals surface area contributed by atoms with E-state index in [1.807, 2.05) is 20.8 Å². The molecule has 0 bridgehead atoms. The van der Waals surface area contributed by atoms with Crippen molar-refractivity contribution in [1.82, 2.24) is 4.90 Å². The zero-order chi connectivity index (χ0) is 11.4. The van der Waals surface area contributed by atoms with Crippen LogP contribution in [0.15, 0.2) is 16.7 Å². The first-order valence-electron chi connectivity index (χ1n) is 5.03. The third-order valence-electron chi connectivity index (χ3n) is 2.28. The van der Waals surface area contributed by atoms with Crippen LogP contribution in [0.3, 0.4) is 0 Å². The molecule has 0 aliphatic carbocycles. The first-order chi connectivity index (χ1) is 7.07. The lowest BCUT2D eigenvalue weighted by Gasteiger charge is -2.25. The molecule has 0 atom stereocenters. The largest absolute Gasteiger partial charge is 0.459 e. The highest BCUT2D eigenvalue weighted by Crippen LogP contribution is 2.13. The van der Waals surface area contributed by atoms with E-state index in [1.54, 1.807) is 11.0 Å². The lowest BCUT2D eigenvalue weighted by atomic mass is 10.2. The highest BCUT2D eigenvalue weighted by Gasteiger charge is 2.22. The molecule has 0 spiro atoms. The van der Waals surface area contributed by atoms with Crippen LogP contribution in [-0.2, 0) is 0 Å². The summed E-state index contributed by atoms with van der Waals surface area (Å²) in [5, 5.41) is 8.88. The van der Waals surface area contributed by atoms with Crippen LogP contribution in [0.1, 0.15) is 30.0 Å². The van der Waals surface area contributed by atoms with E-state index in [2.05, 4.69) is 0 Å². The van der Waals surface area contributed by atoms with Crippen molar-refractivity contribution in [3.05, 3.63) is 23.7 Å². The lowest BCUT2D eigenvalue weighted by molar-refractivity contribution is 0.0632. The van der Waals surface area contributed by atoms with E-state index in [0.717, 1.165) is 5.56 Å². The number of aryl methyl sites for hydroxylation is 1. The zero-order valence-electron chi connectivity index (χ0n) is 9.36. The molecule has 1 amide bonds. The molecule has 0 aliphatic rings. The smallest absolute Gasteiger partial charge is 0.290 e. The monoisotopic (exact) mass is 211 g/mol. The van der Waals surface area contributed by atoms with Crippen LogP contribution in [0.4, 0.5) is 0 Å². The Kier molecular flexibility index (Phi) is 3.91. The number of nitrogens with zero attached hydrogens (tertiary/aromatic N) is 1. The van der Waals surface area contributed by atoms with Gasteiger partial charge in [0.25, 0.3) is 5.91 Å². The van der Waals surface area contributed by atoms with E-state index in [1.165, 1.54) is 6.26 Å². The van der Waals surface area contributed by atoms with Crippen LogP contribution >= 0.6 is 0 Å². The van der Waals surface area contributed by atoms with Gasteiger partial charge in [-0.25, -0.2) is 0 Å². The SMILES string of the molecule is Cc1ccoc1C(=O)N(CCO)C(C)C. The summed E-state index contributed by atoms with van der Waals surface area (Å²) in [7, 11) is 0. The van der Waals surface area contributed by atoms with Crippen molar-refractivity contribution < 1.29 is 14.3 Å². The van der Waals surface area contributed by atoms with Crippen molar-refractivity contribution in [1.29, 1.82) is 0 Å². The third kappa shape index (κ3) is 2.59. The molecular weight excluding hydrogens is 194 g/mol. The molecule has 84 valence electrons. The lowest BCUT2D eigenvalue weighted by Crippen LogP contribution is -2.39. The molecule has 0 aromatic carbocycles. The Bertz CT molecular complexity index is 330. The van der Waals surface area contributed by atoms with Crippen molar-refractivity contribution in [2.75, 3.05) is 13.2 Å².